The fourth-order valence-electron chi connectivity index (χ4n) is 3.23. The number of amides is 2. The van der Waals surface area contributed by atoms with E-state index in [9.17, 15) is 19.5 Å². The van der Waals surface area contributed by atoms with Crippen LogP contribution in [0.4, 0.5) is 9.59 Å². The highest BCUT2D eigenvalue weighted by Crippen LogP contribution is 2.29. The van der Waals surface area contributed by atoms with Crippen molar-refractivity contribution in [1.29, 1.82) is 0 Å². The molecule has 0 saturated heterocycles. The summed E-state index contributed by atoms with van der Waals surface area (Å²) < 4.78 is 10.8. The summed E-state index contributed by atoms with van der Waals surface area (Å²) in [6.45, 7) is 11.1. The molecule has 35 heavy (non-hydrogen) atoms. The minimum atomic E-state index is -2.45. The summed E-state index contributed by atoms with van der Waals surface area (Å²) in [6, 6.07) is 17.8. The topological polar surface area (TPSA) is 108 Å². The predicted molar refractivity (Wildman–Crippen MR) is 131 cm³/mol. The van der Waals surface area contributed by atoms with Crippen LogP contribution in [0.25, 0.3) is 0 Å². The maximum absolute atomic E-state index is 13.3. The summed E-state index contributed by atoms with van der Waals surface area (Å²) in [5, 5.41) is 12.8. The molecule has 0 aliphatic carbocycles. The van der Waals surface area contributed by atoms with Crippen molar-refractivity contribution in [2.45, 2.75) is 71.8 Å². The zero-order valence-corrected chi connectivity index (χ0v) is 21.3. The average Bonchev–Trinajstić information content (AvgIpc) is 2.75. The molecule has 2 aromatic rings. The largest absolute Gasteiger partial charge is 0.545 e. The number of hydrogen-bond donors (Lipinski definition) is 0. The van der Waals surface area contributed by atoms with Gasteiger partial charge in [-0.3, -0.25) is 0 Å². The highest BCUT2D eigenvalue weighted by atomic mass is 16.6. The Kier molecular flexibility index (Phi) is 8.44. The maximum Gasteiger partial charge on any atom is 0.422 e. The molecule has 0 radical (unpaired) electrons. The number of carbonyl (C=O) groups excluding carboxylic acids is 3. The SMILES string of the molecule is CCC(N=C(c1ccccc1)c1ccccc1)(C(=O)[O-])N(C(=O)OC(C)(C)C)C(=O)OC(C)(C)C. The number of carboxylic acids is 1. The van der Waals surface area contributed by atoms with Gasteiger partial charge in [-0.05, 0) is 48.0 Å². The van der Waals surface area contributed by atoms with Crippen LogP contribution in [0.1, 0.15) is 66.0 Å². The molecular formula is C27H33N2O6-. The van der Waals surface area contributed by atoms with Crippen LogP contribution in [0.3, 0.4) is 0 Å². The van der Waals surface area contributed by atoms with Crippen molar-refractivity contribution in [2.75, 3.05) is 0 Å². The lowest BCUT2D eigenvalue weighted by atomic mass is 9.99. The highest BCUT2D eigenvalue weighted by Gasteiger charge is 2.48. The molecule has 0 saturated carbocycles. The van der Waals surface area contributed by atoms with E-state index in [1.165, 1.54) is 6.92 Å². The molecule has 1 atom stereocenters. The number of carbonyl (C=O) groups is 3. The van der Waals surface area contributed by atoms with E-state index >= 15 is 0 Å². The van der Waals surface area contributed by atoms with Gasteiger partial charge in [0.25, 0.3) is 0 Å². The Morgan fingerprint density at radius 2 is 1.14 bits per heavy atom. The molecule has 0 bridgehead atoms. The number of ether oxygens (including phenoxy) is 2. The number of carboxylic acid groups (broad SMARTS) is 1. The minimum absolute atomic E-state index is 0.259. The Labute approximate surface area is 206 Å². The predicted octanol–water partition coefficient (Wildman–Crippen LogP) is 4.55. The molecule has 0 spiro atoms. The van der Waals surface area contributed by atoms with Crippen molar-refractivity contribution < 1.29 is 29.0 Å². The van der Waals surface area contributed by atoms with Crippen molar-refractivity contribution in [3.05, 3.63) is 71.8 Å². The molecule has 0 heterocycles. The van der Waals surface area contributed by atoms with Crippen LogP contribution < -0.4 is 5.11 Å². The molecule has 8 nitrogen and oxygen atoms in total. The third-order valence-electron chi connectivity index (χ3n) is 4.73. The monoisotopic (exact) mass is 481 g/mol. The molecule has 0 N–H and O–H groups in total. The van der Waals surface area contributed by atoms with Gasteiger partial charge in [0.15, 0.2) is 5.66 Å². The Morgan fingerprint density at radius 3 is 1.43 bits per heavy atom. The van der Waals surface area contributed by atoms with Gasteiger partial charge in [-0.2, -0.15) is 4.90 Å². The summed E-state index contributed by atoms with van der Waals surface area (Å²) in [7, 11) is 0. The van der Waals surface area contributed by atoms with Gasteiger partial charge in [-0.1, -0.05) is 67.6 Å². The number of nitrogens with zero attached hydrogens (tertiary/aromatic N) is 2. The highest BCUT2D eigenvalue weighted by molar-refractivity contribution is 6.14. The lowest BCUT2D eigenvalue weighted by Crippen LogP contribution is -2.64. The second-order valence-corrected chi connectivity index (χ2v) is 9.95. The van der Waals surface area contributed by atoms with Crippen molar-refractivity contribution in [3.63, 3.8) is 0 Å². The van der Waals surface area contributed by atoms with Crippen LogP contribution in [-0.2, 0) is 14.3 Å². The number of imide groups is 1. The zero-order valence-electron chi connectivity index (χ0n) is 21.3. The molecule has 0 fully saturated rings. The van der Waals surface area contributed by atoms with Crippen LogP contribution >= 0.6 is 0 Å². The van der Waals surface area contributed by atoms with E-state index in [0.29, 0.717) is 16.0 Å². The van der Waals surface area contributed by atoms with Gasteiger partial charge in [-0.25, -0.2) is 14.6 Å². The molecule has 0 aromatic heterocycles. The third-order valence-corrected chi connectivity index (χ3v) is 4.73. The van der Waals surface area contributed by atoms with Crippen molar-refractivity contribution in [3.8, 4) is 0 Å². The Balaban J connectivity index is 2.85. The van der Waals surface area contributed by atoms with E-state index < -0.39 is 35.0 Å². The Bertz CT molecular complexity index is 999. The van der Waals surface area contributed by atoms with E-state index in [4.69, 9.17) is 9.47 Å². The van der Waals surface area contributed by atoms with E-state index in [1.807, 2.05) is 12.1 Å². The lowest BCUT2D eigenvalue weighted by molar-refractivity contribution is -0.317. The van der Waals surface area contributed by atoms with Gasteiger partial charge >= 0.3 is 12.2 Å². The molecule has 2 amide bonds. The van der Waals surface area contributed by atoms with Crippen LogP contribution in [-0.4, -0.2) is 45.6 Å². The Hall–Kier alpha value is -3.68. The third kappa shape index (κ3) is 7.15. The van der Waals surface area contributed by atoms with Crippen molar-refractivity contribution >= 4 is 23.9 Å². The van der Waals surface area contributed by atoms with Crippen LogP contribution in [0.2, 0.25) is 0 Å². The second-order valence-electron chi connectivity index (χ2n) is 9.95. The first-order valence-corrected chi connectivity index (χ1v) is 11.4. The van der Waals surface area contributed by atoms with Gasteiger partial charge in [0, 0.05) is 11.1 Å². The molecule has 188 valence electrons. The average molecular weight is 482 g/mol. The normalized spacial score (nSPS) is 13.2. The van der Waals surface area contributed by atoms with Crippen LogP contribution in [0, 0.1) is 0 Å². The number of aliphatic imine (C=N–C) groups is 1. The van der Waals surface area contributed by atoms with Gasteiger partial charge in [0.1, 0.15) is 11.2 Å². The van der Waals surface area contributed by atoms with Crippen LogP contribution in [0.15, 0.2) is 65.7 Å². The molecule has 0 aliphatic rings. The number of benzene rings is 2. The summed E-state index contributed by atoms with van der Waals surface area (Å²) in [5.74, 6) is -1.75. The summed E-state index contributed by atoms with van der Waals surface area (Å²) in [5.41, 5.74) is -3.06. The first-order valence-electron chi connectivity index (χ1n) is 11.4. The molecule has 0 aliphatic heterocycles. The molecule has 2 rings (SSSR count). The summed E-state index contributed by atoms with van der Waals surface area (Å²) in [6.07, 6.45) is -2.71. The smallest absolute Gasteiger partial charge is 0.422 e. The van der Waals surface area contributed by atoms with Gasteiger partial charge < -0.3 is 19.4 Å². The van der Waals surface area contributed by atoms with E-state index in [2.05, 4.69) is 4.99 Å². The molecular weight excluding hydrogens is 448 g/mol. The quantitative estimate of drug-likeness (QED) is 0.560. The van der Waals surface area contributed by atoms with Crippen molar-refractivity contribution in [1.82, 2.24) is 4.90 Å². The number of rotatable bonds is 6. The van der Waals surface area contributed by atoms with Crippen LogP contribution in [0.5, 0.6) is 0 Å². The van der Waals surface area contributed by atoms with Gasteiger partial charge in [-0.15, -0.1) is 0 Å². The second kappa shape index (κ2) is 10.7. The van der Waals surface area contributed by atoms with E-state index in [0.717, 1.165) is 0 Å². The first kappa shape index (κ1) is 27.6. The summed E-state index contributed by atoms with van der Waals surface area (Å²) in [4.78, 5) is 44.3. The van der Waals surface area contributed by atoms with Gasteiger partial charge in [0.05, 0.1) is 11.7 Å². The fourth-order valence-corrected chi connectivity index (χ4v) is 3.23. The maximum atomic E-state index is 13.3. The zero-order chi connectivity index (χ0) is 26.4. The standard InChI is InChI=1S/C27H34N2O6/c1-8-27(22(30)31,29(23(32)34-25(2,3)4)24(33)35-26(5,6)7)28-21(19-15-11-9-12-16-19)20-17-13-10-14-18-20/h9-18H,8H2,1-7H3,(H,30,31)/p-1. The molecule has 8 heteroatoms. The molecule has 1 unspecified atom stereocenters. The number of aliphatic carboxylic acids is 1. The Morgan fingerprint density at radius 1 is 0.771 bits per heavy atom. The number of hydrogen-bond acceptors (Lipinski definition) is 7. The van der Waals surface area contributed by atoms with Gasteiger partial charge in [0.2, 0.25) is 0 Å². The minimum Gasteiger partial charge on any atom is -0.545 e. The van der Waals surface area contributed by atoms with Crippen molar-refractivity contribution in [2.24, 2.45) is 4.99 Å². The lowest BCUT2D eigenvalue weighted by Gasteiger charge is -2.40. The summed E-state index contributed by atoms with van der Waals surface area (Å²) >= 11 is 0. The molecule has 2 aromatic carbocycles. The fraction of sp³-hybridized carbons (Fsp3) is 0.407. The van der Waals surface area contributed by atoms with E-state index in [-0.39, 0.29) is 12.1 Å². The first-order chi connectivity index (χ1) is 16.2. The van der Waals surface area contributed by atoms with E-state index in [1.54, 1.807) is 90.1 Å².